The van der Waals surface area contributed by atoms with Crippen molar-refractivity contribution in [3.05, 3.63) is 24.3 Å². The Morgan fingerprint density at radius 2 is 1.70 bits per heavy atom. The summed E-state index contributed by atoms with van der Waals surface area (Å²) >= 11 is 0. The number of alkyl halides is 3. The number of para-hydroxylation sites is 2. The van der Waals surface area contributed by atoms with Crippen LogP contribution < -0.4 is 9.46 Å². The van der Waals surface area contributed by atoms with E-state index in [9.17, 15) is 30.0 Å². The summed E-state index contributed by atoms with van der Waals surface area (Å²) in [6.07, 6.45) is -5.97. The van der Waals surface area contributed by atoms with Crippen molar-refractivity contribution in [3.63, 3.8) is 0 Å². The fourth-order valence-corrected chi connectivity index (χ4v) is 5.60. The highest BCUT2D eigenvalue weighted by atomic mass is 32.2. The van der Waals surface area contributed by atoms with E-state index in [0.717, 1.165) is 10.6 Å². The minimum atomic E-state index is -4.80. The third kappa shape index (κ3) is 6.44. The van der Waals surface area contributed by atoms with E-state index >= 15 is 0 Å². The first-order valence-corrected chi connectivity index (χ1v) is 13.8. The minimum Gasteiger partial charge on any atom is -0.462 e. The molecule has 0 radical (unpaired) electrons. The quantitative estimate of drug-likeness (QED) is 0.580. The maximum Gasteiger partial charge on any atom is 0.425 e. The van der Waals surface area contributed by atoms with Gasteiger partial charge in [-0.25, -0.2) is 31.1 Å². The number of fused-ring (bicyclic) bond motifs is 1. The van der Waals surface area contributed by atoms with Gasteiger partial charge < -0.3 is 4.74 Å². The van der Waals surface area contributed by atoms with Gasteiger partial charge in [0, 0.05) is 19.0 Å². The van der Waals surface area contributed by atoms with Crippen LogP contribution >= 0.6 is 0 Å². The van der Waals surface area contributed by atoms with Crippen LogP contribution in [0.5, 0.6) is 5.88 Å². The Morgan fingerprint density at radius 1 is 1.12 bits per heavy atom. The van der Waals surface area contributed by atoms with Crippen LogP contribution in [0.15, 0.2) is 24.3 Å². The van der Waals surface area contributed by atoms with Gasteiger partial charge in [0.25, 0.3) is 5.88 Å². The van der Waals surface area contributed by atoms with Crippen molar-refractivity contribution in [1.29, 1.82) is 0 Å². The molecule has 0 bridgehead atoms. The van der Waals surface area contributed by atoms with Crippen molar-refractivity contribution in [2.45, 2.75) is 38.5 Å². The summed E-state index contributed by atoms with van der Waals surface area (Å²) in [7, 11) is -7.40. The Labute approximate surface area is 190 Å². The van der Waals surface area contributed by atoms with Crippen molar-refractivity contribution >= 4 is 36.9 Å². The molecule has 33 heavy (non-hydrogen) atoms. The molecule has 1 aromatic heterocycles. The number of rotatable bonds is 8. The molecular formula is C19H25F3N4O5S2. The zero-order valence-corrected chi connectivity index (χ0v) is 19.7. The van der Waals surface area contributed by atoms with Crippen molar-refractivity contribution in [3.8, 4) is 5.88 Å². The summed E-state index contributed by atoms with van der Waals surface area (Å²) in [5.41, 5.74) is 0.517. The fraction of sp³-hybridized carbons (Fsp3) is 0.579. The number of halogens is 3. The molecular weight excluding hydrogens is 485 g/mol. The van der Waals surface area contributed by atoms with Crippen molar-refractivity contribution < 1.29 is 34.7 Å². The molecule has 1 N–H and O–H groups in total. The van der Waals surface area contributed by atoms with E-state index in [1.165, 1.54) is 6.07 Å². The first-order chi connectivity index (χ1) is 15.3. The molecule has 184 valence electrons. The fourth-order valence-electron chi connectivity index (χ4n) is 3.66. The molecule has 9 nitrogen and oxygen atoms in total. The summed E-state index contributed by atoms with van der Waals surface area (Å²) < 4.78 is 98.5. The normalized spacial score (nSPS) is 17.7. The largest absolute Gasteiger partial charge is 0.462 e. The smallest absolute Gasteiger partial charge is 0.425 e. The number of aromatic nitrogens is 2. The molecule has 1 aliphatic rings. The van der Waals surface area contributed by atoms with E-state index in [-0.39, 0.29) is 49.1 Å². The van der Waals surface area contributed by atoms with E-state index < -0.39 is 49.9 Å². The summed E-state index contributed by atoms with van der Waals surface area (Å²) in [6.45, 7) is 1.50. The van der Waals surface area contributed by atoms with E-state index in [1.54, 1.807) is 25.1 Å². The van der Waals surface area contributed by atoms with Crippen molar-refractivity contribution in [1.82, 2.24) is 14.3 Å². The molecule has 1 fully saturated rings. The van der Waals surface area contributed by atoms with Gasteiger partial charge in [0.15, 0.2) is 6.10 Å². The number of ether oxygens (including phenoxy) is 1. The lowest BCUT2D eigenvalue weighted by Crippen LogP contribution is -2.47. The second-order valence-corrected chi connectivity index (χ2v) is 11.7. The molecule has 2 heterocycles. The summed E-state index contributed by atoms with van der Waals surface area (Å²) in [5, 5.41) is 0. The Hall–Kier alpha value is -2.19. The van der Waals surface area contributed by atoms with E-state index in [4.69, 9.17) is 4.74 Å². The summed E-state index contributed by atoms with van der Waals surface area (Å²) in [4.78, 5) is 8.24. The van der Waals surface area contributed by atoms with Crippen LogP contribution in [-0.4, -0.2) is 68.5 Å². The predicted octanol–water partition coefficient (Wildman–Crippen LogP) is 2.76. The lowest BCUT2D eigenvalue weighted by molar-refractivity contribution is -0.213. The third-order valence-electron chi connectivity index (χ3n) is 5.22. The van der Waals surface area contributed by atoms with E-state index in [2.05, 4.69) is 14.7 Å². The highest BCUT2D eigenvalue weighted by Crippen LogP contribution is 2.37. The number of benzene rings is 1. The Bertz CT molecular complexity index is 1200. The van der Waals surface area contributed by atoms with Crippen LogP contribution in [-0.2, 0) is 20.0 Å². The standard InChI is InChI=1S/C19H25F3N4O5S2/c1-3-12-33(29,30)25-17-18(24-15-7-5-4-6-14(15)23-17)31-16(19(20,21)22)13-8-10-26(11-9-13)32(2,27)28/h4-7,13,16H,3,8-12H2,1-2H3,(H,23,25). The number of sulfonamides is 2. The second-order valence-electron chi connectivity index (χ2n) is 7.87. The molecule has 0 spiro atoms. The first-order valence-electron chi connectivity index (χ1n) is 10.3. The van der Waals surface area contributed by atoms with Gasteiger partial charge in [-0.15, -0.1) is 0 Å². The molecule has 14 heteroatoms. The third-order valence-corrected chi connectivity index (χ3v) is 7.97. The average Bonchev–Trinajstić information content (AvgIpc) is 2.70. The van der Waals surface area contributed by atoms with E-state index in [0.29, 0.717) is 0 Å². The molecule has 1 saturated heterocycles. The number of hydrogen-bond acceptors (Lipinski definition) is 7. The maximum atomic E-state index is 14.0. The number of anilines is 1. The molecule has 0 amide bonds. The summed E-state index contributed by atoms with van der Waals surface area (Å²) in [5.74, 6) is -2.31. The Morgan fingerprint density at radius 3 is 2.21 bits per heavy atom. The second kappa shape index (κ2) is 9.58. The van der Waals surface area contributed by atoms with Gasteiger partial charge >= 0.3 is 6.18 Å². The first kappa shape index (κ1) is 25.4. The van der Waals surface area contributed by atoms with Crippen LogP contribution in [0, 0.1) is 5.92 Å². The lowest BCUT2D eigenvalue weighted by atomic mass is 9.91. The van der Waals surface area contributed by atoms with Gasteiger partial charge in [-0.05, 0) is 31.4 Å². The highest BCUT2D eigenvalue weighted by molar-refractivity contribution is 7.92. The van der Waals surface area contributed by atoms with Gasteiger partial charge in [-0.3, -0.25) is 4.72 Å². The summed E-state index contributed by atoms with van der Waals surface area (Å²) in [6, 6.07) is 6.32. The van der Waals surface area contributed by atoms with Crippen molar-refractivity contribution in [2.75, 3.05) is 29.8 Å². The molecule has 1 unspecified atom stereocenters. The number of nitrogens with zero attached hydrogens (tertiary/aromatic N) is 3. The molecule has 1 aliphatic heterocycles. The van der Waals surface area contributed by atoms with Gasteiger partial charge in [0.05, 0.1) is 23.0 Å². The lowest BCUT2D eigenvalue weighted by Gasteiger charge is -2.35. The maximum absolute atomic E-state index is 14.0. The molecule has 3 rings (SSSR count). The molecule has 1 atom stereocenters. The van der Waals surface area contributed by atoms with Crippen LogP contribution in [0.4, 0.5) is 19.0 Å². The van der Waals surface area contributed by atoms with Gasteiger partial charge in [-0.1, -0.05) is 19.1 Å². The van der Waals surface area contributed by atoms with Crippen LogP contribution in [0.1, 0.15) is 26.2 Å². The zero-order chi connectivity index (χ0) is 24.4. The highest BCUT2D eigenvalue weighted by Gasteiger charge is 2.48. The topological polar surface area (TPSA) is 119 Å². The Kier molecular flexibility index (Phi) is 7.39. The van der Waals surface area contributed by atoms with Crippen LogP contribution in [0.2, 0.25) is 0 Å². The number of nitrogens with one attached hydrogen (secondary N) is 1. The van der Waals surface area contributed by atoms with Crippen LogP contribution in [0.3, 0.4) is 0 Å². The van der Waals surface area contributed by atoms with E-state index in [1.807, 2.05) is 0 Å². The van der Waals surface area contributed by atoms with Gasteiger partial charge in [0.1, 0.15) is 0 Å². The number of hydrogen-bond donors (Lipinski definition) is 1. The van der Waals surface area contributed by atoms with Crippen LogP contribution in [0.25, 0.3) is 11.0 Å². The van der Waals surface area contributed by atoms with Crippen molar-refractivity contribution in [2.24, 2.45) is 5.92 Å². The SMILES string of the molecule is CCCS(=O)(=O)Nc1nc2ccccc2nc1OC(C1CCN(S(C)(=O)=O)CC1)C(F)(F)F. The van der Waals surface area contributed by atoms with Gasteiger partial charge in [-0.2, -0.15) is 13.2 Å². The monoisotopic (exact) mass is 510 g/mol. The zero-order valence-electron chi connectivity index (χ0n) is 18.0. The molecule has 0 aliphatic carbocycles. The minimum absolute atomic E-state index is 0.0706. The Balaban J connectivity index is 1.96. The molecule has 1 aromatic carbocycles. The molecule has 2 aromatic rings. The van der Waals surface area contributed by atoms with Gasteiger partial charge in [0.2, 0.25) is 25.9 Å². The predicted molar refractivity (Wildman–Crippen MR) is 117 cm³/mol. The number of piperidine rings is 1. The average molecular weight is 511 g/mol. The molecule has 0 saturated carbocycles.